The van der Waals surface area contributed by atoms with Gasteiger partial charge in [-0.2, -0.15) is 5.10 Å². The molecule has 7 nitrogen and oxygen atoms in total. The van der Waals surface area contributed by atoms with Crippen LogP contribution in [-0.2, 0) is 6.54 Å². The molecule has 0 spiro atoms. The summed E-state index contributed by atoms with van der Waals surface area (Å²) in [7, 11) is 0. The first-order valence-electron chi connectivity index (χ1n) is 6.74. The van der Waals surface area contributed by atoms with Crippen LogP contribution in [0.2, 0.25) is 0 Å². The van der Waals surface area contributed by atoms with Crippen LogP contribution in [0, 0.1) is 0 Å². The van der Waals surface area contributed by atoms with Crippen molar-refractivity contribution in [3.05, 3.63) is 60.8 Å². The summed E-state index contributed by atoms with van der Waals surface area (Å²) in [6, 6.07) is 6.88. The highest BCUT2D eigenvalue weighted by molar-refractivity contribution is 5.92. The average molecular weight is 298 g/mol. The molecule has 7 heteroatoms. The van der Waals surface area contributed by atoms with Crippen molar-refractivity contribution < 1.29 is 13.7 Å². The number of furan rings is 1. The van der Waals surface area contributed by atoms with Crippen LogP contribution in [0.1, 0.15) is 10.5 Å². The van der Waals surface area contributed by atoms with Crippen LogP contribution in [-0.4, -0.2) is 27.4 Å². The van der Waals surface area contributed by atoms with E-state index in [0.29, 0.717) is 24.6 Å². The Morgan fingerprint density at radius 2 is 2.27 bits per heavy atom. The molecule has 0 fully saturated rings. The molecule has 0 saturated carbocycles. The van der Waals surface area contributed by atoms with E-state index in [1.807, 2.05) is 24.4 Å². The summed E-state index contributed by atoms with van der Waals surface area (Å²) in [4.78, 5) is 11.9. The molecule has 0 bridgehead atoms. The molecule has 112 valence electrons. The normalized spacial score (nSPS) is 11.1. The molecule has 0 saturated heterocycles. The van der Waals surface area contributed by atoms with Gasteiger partial charge in [-0.25, -0.2) is 0 Å². The van der Waals surface area contributed by atoms with Gasteiger partial charge in [-0.15, -0.1) is 0 Å². The van der Waals surface area contributed by atoms with Gasteiger partial charge in [0, 0.05) is 25.0 Å². The van der Waals surface area contributed by atoms with E-state index in [2.05, 4.69) is 15.6 Å². The van der Waals surface area contributed by atoms with Crippen molar-refractivity contribution in [1.82, 2.24) is 20.3 Å². The molecule has 22 heavy (non-hydrogen) atoms. The maximum atomic E-state index is 11.9. The van der Waals surface area contributed by atoms with Gasteiger partial charge in [-0.1, -0.05) is 17.3 Å². The largest absolute Gasteiger partial charge is 0.461 e. The molecule has 1 amide bonds. The number of amides is 1. The van der Waals surface area contributed by atoms with Gasteiger partial charge >= 0.3 is 0 Å². The Labute approximate surface area is 126 Å². The zero-order valence-electron chi connectivity index (χ0n) is 11.7. The van der Waals surface area contributed by atoms with E-state index < -0.39 is 0 Å². The minimum atomic E-state index is -0.301. The third kappa shape index (κ3) is 3.32. The Morgan fingerprint density at radius 3 is 3.05 bits per heavy atom. The second kappa shape index (κ2) is 6.57. The van der Waals surface area contributed by atoms with Gasteiger partial charge in [0.2, 0.25) is 5.76 Å². The van der Waals surface area contributed by atoms with Gasteiger partial charge in [-0.05, 0) is 18.2 Å². The number of hydrogen-bond acceptors (Lipinski definition) is 5. The molecule has 3 heterocycles. The molecule has 3 rings (SSSR count). The van der Waals surface area contributed by atoms with E-state index in [9.17, 15) is 4.79 Å². The quantitative estimate of drug-likeness (QED) is 0.704. The van der Waals surface area contributed by atoms with Crippen molar-refractivity contribution in [3.8, 4) is 11.5 Å². The van der Waals surface area contributed by atoms with Crippen molar-refractivity contribution in [2.75, 3.05) is 6.54 Å². The number of carbonyl (C=O) groups excluding carboxylic acids is 1. The molecular formula is C15H14N4O3. The lowest BCUT2D eigenvalue weighted by molar-refractivity contribution is 0.0949. The number of carbonyl (C=O) groups is 1. The van der Waals surface area contributed by atoms with Crippen LogP contribution in [0.4, 0.5) is 0 Å². The first-order valence-corrected chi connectivity index (χ1v) is 6.74. The predicted octanol–water partition coefficient (Wildman–Crippen LogP) is 2.12. The zero-order valence-corrected chi connectivity index (χ0v) is 11.7. The third-order valence-corrected chi connectivity index (χ3v) is 2.91. The second-order valence-electron chi connectivity index (χ2n) is 4.46. The summed E-state index contributed by atoms with van der Waals surface area (Å²) in [5, 5.41) is 10.5. The lowest BCUT2D eigenvalue weighted by Crippen LogP contribution is -2.23. The summed E-state index contributed by atoms with van der Waals surface area (Å²) in [6.07, 6.45) is 8.89. The minimum Gasteiger partial charge on any atom is -0.461 e. The number of rotatable bonds is 6. The number of hydrogen-bond donors (Lipinski definition) is 1. The molecule has 0 aromatic carbocycles. The van der Waals surface area contributed by atoms with E-state index in [0.717, 1.165) is 0 Å². The van der Waals surface area contributed by atoms with Crippen LogP contribution in [0.5, 0.6) is 0 Å². The first kappa shape index (κ1) is 13.9. The fraction of sp³-hybridized carbons (Fsp3) is 0.133. The Kier molecular flexibility index (Phi) is 4.15. The highest BCUT2D eigenvalue weighted by Gasteiger charge is 2.14. The van der Waals surface area contributed by atoms with Gasteiger partial charge in [0.05, 0.1) is 12.8 Å². The molecule has 0 aliphatic carbocycles. The molecule has 1 N–H and O–H groups in total. The molecule has 3 aromatic rings. The summed E-state index contributed by atoms with van der Waals surface area (Å²) < 4.78 is 12.0. The summed E-state index contributed by atoms with van der Waals surface area (Å²) in [5.74, 6) is 0.653. The lowest BCUT2D eigenvalue weighted by Gasteiger charge is -1.97. The molecule has 3 aromatic heterocycles. The first-order chi connectivity index (χ1) is 10.8. The standard InChI is InChI=1S/C15H14N4O3/c20-15(16-6-1-2-8-19-9-4-7-17-19)12-11-14(22-18-12)13-5-3-10-21-13/h1-5,7,9-11H,6,8H2,(H,16,20)/b2-1+. The van der Waals surface area contributed by atoms with Gasteiger partial charge in [-0.3, -0.25) is 9.48 Å². The van der Waals surface area contributed by atoms with Crippen LogP contribution < -0.4 is 5.32 Å². The van der Waals surface area contributed by atoms with Gasteiger partial charge in [0.15, 0.2) is 11.5 Å². The fourth-order valence-electron chi connectivity index (χ4n) is 1.83. The highest BCUT2D eigenvalue weighted by Crippen LogP contribution is 2.20. The minimum absolute atomic E-state index is 0.215. The molecule has 0 aliphatic rings. The lowest BCUT2D eigenvalue weighted by atomic mass is 10.3. The summed E-state index contributed by atoms with van der Waals surface area (Å²) in [6.45, 7) is 1.07. The average Bonchev–Trinajstić information content (AvgIpc) is 3.26. The number of nitrogens with zero attached hydrogens (tertiary/aromatic N) is 3. The predicted molar refractivity (Wildman–Crippen MR) is 77.9 cm³/mol. The SMILES string of the molecule is O=C(NC/C=C/Cn1cccn1)c1cc(-c2ccco2)on1. The molecule has 0 atom stereocenters. The van der Waals surface area contributed by atoms with Crippen LogP contribution in [0.15, 0.2) is 64.0 Å². The van der Waals surface area contributed by atoms with Gasteiger partial charge < -0.3 is 14.3 Å². The van der Waals surface area contributed by atoms with Gasteiger partial charge in [0.1, 0.15) is 0 Å². The molecule has 0 radical (unpaired) electrons. The van der Waals surface area contributed by atoms with E-state index >= 15 is 0 Å². The van der Waals surface area contributed by atoms with Crippen molar-refractivity contribution in [2.24, 2.45) is 0 Å². The number of nitrogens with one attached hydrogen (secondary N) is 1. The second-order valence-corrected chi connectivity index (χ2v) is 4.46. The maximum absolute atomic E-state index is 11.9. The van der Waals surface area contributed by atoms with Crippen molar-refractivity contribution in [1.29, 1.82) is 0 Å². The van der Waals surface area contributed by atoms with Crippen molar-refractivity contribution in [2.45, 2.75) is 6.54 Å². The maximum Gasteiger partial charge on any atom is 0.273 e. The fourth-order valence-corrected chi connectivity index (χ4v) is 1.83. The van der Waals surface area contributed by atoms with Gasteiger partial charge in [0.25, 0.3) is 5.91 Å². The smallest absolute Gasteiger partial charge is 0.273 e. The van der Waals surface area contributed by atoms with E-state index in [1.165, 1.54) is 6.26 Å². The Balaban J connectivity index is 1.49. The molecular weight excluding hydrogens is 284 g/mol. The van der Waals surface area contributed by atoms with E-state index in [1.54, 1.807) is 29.1 Å². The van der Waals surface area contributed by atoms with Crippen molar-refractivity contribution in [3.63, 3.8) is 0 Å². The summed E-state index contributed by atoms with van der Waals surface area (Å²) >= 11 is 0. The van der Waals surface area contributed by atoms with Crippen LogP contribution in [0.3, 0.4) is 0 Å². The number of aromatic nitrogens is 3. The third-order valence-electron chi connectivity index (χ3n) is 2.91. The highest BCUT2D eigenvalue weighted by atomic mass is 16.5. The van der Waals surface area contributed by atoms with Crippen molar-refractivity contribution >= 4 is 5.91 Å². The topological polar surface area (TPSA) is 86.1 Å². The Morgan fingerprint density at radius 1 is 1.32 bits per heavy atom. The zero-order chi connectivity index (χ0) is 15.2. The van der Waals surface area contributed by atoms with Crippen LogP contribution in [0.25, 0.3) is 11.5 Å². The molecule has 0 unspecified atom stereocenters. The summed E-state index contributed by atoms with van der Waals surface area (Å²) in [5.41, 5.74) is 0.215. The Hall–Kier alpha value is -3.09. The Bertz CT molecular complexity index is 742. The van der Waals surface area contributed by atoms with E-state index in [4.69, 9.17) is 8.94 Å². The molecule has 0 aliphatic heterocycles. The van der Waals surface area contributed by atoms with Crippen LogP contribution >= 0.6 is 0 Å². The monoisotopic (exact) mass is 298 g/mol. The number of allylic oxidation sites excluding steroid dienone is 1. The van der Waals surface area contributed by atoms with E-state index in [-0.39, 0.29) is 11.6 Å².